The van der Waals surface area contributed by atoms with E-state index in [1.807, 2.05) is 6.08 Å². The number of hydrogen-bond donors (Lipinski definition) is 1. The molecule has 0 saturated carbocycles. The van der Waals surface area contributed by atoms with Crippen molar-refractivity contribution < 1.29 is 4.39 Å². The second-order valence-corrected chi connectivity index (χ2v) is 4.00. The Kier molecular flexibility index (Phi) is 4.29. The summed E-state index contributed by atoms with van der Waals surface area (Å²) < 4.78 is 13.4. The van der Waals surface area contributed by atoms with Crippen LogP contribution < -0.4 is 5.73 Å². The van der Waals surface area contributed by atoms with E-state index in [2.05, 4.69) is 22.5 Å². The standard InChI is InChI=1S/C11H13BrFN/c1-2-3-4-11(14)8-5-6-10(13)9(12)7-8/h2,5-7,11H,1,3-4,14H2/t11-/m0/s1. The quantitative estimate of drug-likeness (QED) is 0.821. The third-order valence-corrected chi connectivity index (χ3v) is 2.66. The van der Waals surface area contributed by atoms with E-state index in [1.54, 1.807) is 12.1 Å². The van der Waals surface area contributed by atoms with E-state index < -0.39 is 0 Å². The molecule has 0 spiro atoms. The molecule has 0 saturated heterocycles. The summed E-state index contributed by atoms with van der Waals surface area (Å²) in [5, 5.41) is 0. The van der Waals surface area contributed by atoms with Crippen LogP contribution in [-0.4, -0.2) is 0 Å². The number of benzene rings is 1. The number of rotatable bonds is 4. The Balaban J connectivity index is 2.75. The van der Waals surface area contributed by atoms with Crippen molar-refractivity contribution in [3.63, 3.8) is 0 Å². The smallest absolute Gasteiger partial charge is 0.137 e. The van der Waals surface area contributed by atoms with Crippen LogP contribution in [0.1, 0.15) is 24.4 Å². The van der Waals surface area contributed by atoms with Crippen LogP contribution in [0.3, 0.4) is 0 Å². The highest BCUT2D eigenvalue weighted by atomic mass is 79.9. The van der Waals surface area contributed by atoms with Crippen LogP contribution in [0.25, 0.3) is 0 Å². The topological polar surface area (TPSA) is 26.0 Å². The van der Waals surface area contributed by atoms with Gasteiger partial charge in [0, 0.05) is 6.04 Å². The molecule has 0 aliphatic rings. The molecule has 1 aromatic rings. The third kappa shape index (κ3) is 2.93. The molecule has 0 heterocycles. The summed E-state index contributed by atoms with van der Waals surface area (Å²) in [5.41, 5.74) is 6.85. The lowest BCUT2D eigenvalue weighted by molar-refractivity contribution is 0.614. The molecular weight excluding hydrogens is 245 g/mol. The monoisotopic (exact) mass is 257 g/mol. The maximum Gasteiger partial charge on any atom is 0.137 e. The van der Waals surface area contributed by atoms with E-state index in [-0.39, 0.29) is 11.9 Å². The lowest BCUT2D eigenvalue weighted by Gasteiger charge is -2.11. The number of halogens is 2. The number of allylic oxidation sites excluding steroid dienone is 1. The molecule has 1 atom stereocenters. The molecule has 0 bridgehead atoms. The molecule has 2 N–H and O–H groups in total. The Hall–Kier alpha value is -0.670. The van der Waals surface area contributed by atoms with Crippen molar-refractivity contribution in [2.24, 2.45) is 5.73 Å². The van der Waals surface area contributed by atoms with Gasteiger partial charge in [0.05, 0.1) is 4.47 Å². The van der Waals surface area contributed by atoms with Gasteiger partial charge in [0.1, 0.15) is 5.82 Å². The SMILES string of the molecule is C=CCC[C@H](N)c1ccc(F)c(Br)c1. The molecule has 1 nitrogen and oxygen atoms in total. The summed E-state index contributed by atoms with van der Waals surface area (Å²) in [4.78, 5) is 0. The maximum atomic E-state index is 12.9. The predicted molar refractivity (Wildman–Crippen MR) is 60.5 cm³/mol. The summed E-state index contributed by atoms with van der Waals surface area (Å²) in [6, 6.07) is 4.81. The van der Waals surface area contributed by atoms with E-state index in [4.69, 9.17) is 5.73 Å². The van der Waals surface area contributed by atoms with Crippen molar-refractivity contribution in [1.29, 1.82) is 0 Å². The predicted octanol–water partition coefficient (Wildman–Crippen LogP) is 3.55. The van der Waals surface area contributed by atoms with Gasteiger partial charge in [-0.2, -0.15) is 0 Å². The lowest BCUT2D eigenvalue weighted by Crippen LogP contribution is -2.09. The van der Waals surface area contributed by atoms with Gasteiger partial charge in [-0.05, 0) is 46.5 Å². The molecule has 76 valence electrons. The van der Waals surface area contributed by atoms with Gasteiger partial charge in [-0.1, -0.05) is 12.1 Å². The van der Waals surface area contributed by atoms with E-state index in [0.29, 0.717) is 4.47 Å². The van der Waals surface area contributed by atoms with Crippen molar-refractivity contribution in [2.75, 3.05) is 0 Å². The van der Waals surface area contributed by atoms with Crippen LogP contribution in [-0.2, 0) is 0 Å². The Morgan fingerprint density at radius 1 is 1.57 bits per heavy atom. The molecular formula is C11H13BrFN. The van der Waals surface area contributed by atoms with Gasteiger partial charge in [0.2, 0.25) is 0 Å². The van der Waals surface area contributed by atoms with Crippen molar-refractivity contribution in [3.05, 3.63) is 46.7 Å². The molecule has 0 amide bonds. The van der Waals surface area contributed by atoms with Gasteiger partial charge in [-0.25, -0.2) is 4.39 Å². The van der Waals surface area contributed by atoms with E-state index in [1.165, 1.54) is 6.07 Å². The fourth-order valence-corrected chi connectivity index (χ4v) is 1.60. The normalized spacial score (nSPS) is 12.5. The van der Waals surface area contributed by atoms with Crippen LogP contribution in [0.4, 0.5) is 4.39 Å². The molecule has 14 heavy (non-hydrogen) atoms. The van der Waals surface area contributed by atoms with Crippen molar-refractivity contribution in [3.8, 4) is 0 Å². The summed E-state index contributed by atoms with van der Waals surface area (Å²) >= 11 is 3.13. The van der Waals surface area contributed by atoms with Crippen LogP contribution in [0.5, 0.6) is 0 Å². The molecule has 0 aliphatic carbocycles. The van der Waals surface area contributed by atoms with Crippen molar-refractivity contribution in [2.45, 2.75) is 18.9 Å². The highest BCUT2D eigenvalue weighted by Gasteiger charge is 2.07. The van der Waals surface area contributed by atoms with Crippen LogP contribution in [0.15, 0.2) is 35.3 Å². The second-order valence-electron chi connectivity index (χ2n) is 3.15. The van der Waals surface area contributed by atoms with Gasteiger partial charge in [-0.15, -0.1) is 6.58 Å². The second kappa shape index (κ2) is 5.27. The van der Waals surface area contributed by atoms with Gasteiger partial charge < -0.3 is 5.73 Å². The van der Waals surface area contributed by atoms with Gasteiger partial charge in [0.25, 0.3) is 0 Å². The largest absolute Gasteiger partial charge is 0.324 e. The third-order valence-electron chi connectivity index (χ3n) is 2.05. The molecule has 0 unspecified atom stereocenters. The molecule has 0 aliphatic heterocycles. The fraction of sp³-hybridized carbons (Fsp3) is 0.273. The number of nitrogens with two attached hydrogens (primary N) is 1. The Bertz CT molecular complexity index is 325. The van der Waals surface area contributed by atoms with Gasteiger partial charge in [-0.3, -0.25) is 0 Å². The molecule has 1 aromatic carbocycles. The van der Waals surface area contributed by atoms with Gasteiger partial charge >= 0.3 is 0 Å². The Morgan fingerprint density at radius 3 is 2.86 bits per heavy atom. The maximum absolute atomic E-state index is 12.9. The zero-order valence-electron chi connectivity index (χ0n) is 7.84. The minimum Gasteiger partial charge on any atom is -0.324 e. The molecule has 3 heteroatoms. The Labute approximate surface area is 91.9 Å². The first-order valence-electron chi connectivity index (χ1n) is 4.46. The highest BCUT2D eigenvalue weighted by Crippen LogP contribution is 2.22. The molecule has 0 radical (unpaired) electrons. The van der Waals surface area contributed by atoms with Crippen molar-refractivity contribution in [1.82, 2.24) is 0 Å². The molecule has 0 aromatic heterocycles. The van der Waals surface area contributed by atoms with Crippen LogP contribution in [0.2, 0.25) is 0 Å². The van der Waals surface area contributed by atoms with E-state index >= 15 is 0 Å². The van der Waals surface area contributed by atoms with E-state index in [0.717, 1.165) is 18.4 Å². The average molecular weight is 258 g/mol. The minimum atomic E-state index is -0.260. The molecule has 0 fully saturated rings. The lowest BCUT2D eigenvalue weighted by atomic mass is 10.0. The van der Waals surface area contributed by atoms with E-state index in [9.17, 15) is 4.39 Å². The summed E-state index contributed by atoms with van der Waals surface area (Å²) in [5.74, 6) is -0.260. The summed E-state index contributed by atoms with van der Waals surface area (Å²) in [6.07, 6.45) is 3.54. The van der Waals surface area contributed by atoms with Crippen molar-refractivity contribution >= 4 is 15.9 Å². The first-order chi connectivity index (χ1) is 6.65. The fourth-order valence-electron chi connectivity index (χ4n) is 1.21. The molecule has 1 rings (SSSR count). The summed E-state index contributed by atoms with van der Waals surface area (Å²) in [6.45, 7) is 3.63. The zero-order chi connectivity index (χ0) is 10.6. The van der Waals surface area contributed by atoms with Crippen LogP contribution in [0, 0.1) is 5.82 Å². The first kappa shape index (κ1) is 11.4. The Morgan fingerprint density at radius 2 is 2.29 bits per heavy atom. The highest BCUT2D eigenvalue weighted by molar-refractivity contribution is 9.10. The zero-order valence-corrected chi connectivity index (χ0v) is 9.43. The van der Waals surface area contributed by atoms with Crippen LogP contribution >= 0.6 is 15.9 Å². The average Bonchev–Trinajstić information content (AvgIpc) is 2.18. The minimum absolute atomic E-state index is 0.0510. The first-order valence-corrected chi connectivity index (χ1v) is 5.26. The van der Waals surface area contributed by atoms with Gasteiger partial charge in [0.15, 0.2) is 0 Å². The number of hydrogen-bond acceptors (Lipinski definition) is 1. The summed E-state index contributed by atoms with van der Waals surface area (Å²) in [7, 11) is 0.